The second kappa shape index (κ2) is 6.65. The Hall–Kier alpha value is -1.28. The first kappa shape index (κ1) is 16.1. The maximum atomic E-state index is 11.8. The number of hydrogen-bond acceptors (Lipinski definition) is 5. The van der Waals surface area contributed by atoms with Gasteiger partial charge in [0.1, 0.15) is 4.21 Å². The van der Waals surface area contributed by atoms with Crippen molar-refractivity contribution in [3.05, 3.63) is 45.3 Å². The van der Waals surface area contributed by atoms with E-state index in [4.69, 9.17) is 27.9 Å². The lowest BCUT2D eigenvalue weighted by Crippen LogP contribution is -2.17. The third-order valence-corrected chi connectivity index (χ3v) is 5.55. The fraction of sp³-hybridized carbons (Fsp3) is 0.0833. The van der Waals surface area contributed by atoms with Crippen molar-refractivity contribution in [3.63, 3.8) is 0 Å². The molecule has 21 heavy (non-hydrogen) atoms. The van der Waals surface area contributed by atoms with Crippen molar-refractivity contribution in [2.24, 2.45) is 5.10 Å². The van der Waals surface area contributed by atoms with Gasteiger partial charge in [-0.25, -0.2) is 0 Å². The quantitative estimate of drug-likeness (QED) is 0.653. The van der Waals surface area contributed by atoms with Gasteiger partial charge in [-0.15, -0.1) is 11.3 Å². The first-order valence-corrected chi connectivity index (χ1v) is 8.67. The molecule has 1 aromatic carbocycles. The summed E-state index contributed by atoms with van der Waals surface area (Å²) < 4.78 is 28.9. The normalized spacial score (nSPS) is 11.8. The van der Waals surface area contributed by atoms with E-state index in [1.54, 1.807) is 23.6 Å². The molecule has 1 heterocycles. The average Bonchev–Trinajstić information content (AvgIpc) is 2.92. The van der Waals surface area contributed by atoms with Crippen LogP contribution in [-0.4, -0.2) is 21.7 Å². The van der Waals surface area contributed by atoms with Crippen molar-refractivity contribution >= 4 is 50.8 Å². The maximum absolute atomic E-state index is 11.8. The molecule has 1 N–H and O–H groups in total. The molecule has 0 bridgehead atoms. The molecule has 0 saturated carbocycles. The summed E-state index contributed by atoms with van der Waals surface area (Å²) in [6.45, 7) is 0. The smallest absolute Gasteiger partial charge is 0.286 e. The van der Waals surface area contributed by atoms with Crippen molar-refractivity contribution in [1.82, 2.24) is 4.83 Å². The number of hydrazone groups is 1. The van der Waals surface area contributed by atoms with E-state index in [0.717, 1.165) is 11.3 Å². The lowest BCUT2D eigenvalue weighted by Gasteiger charge is -2.06. The van der Waals surface area contributed by atoms with Gasteiger partial charge >= 0.3 is 0 Å². The molecule has 2 rings (SSSR count). The SMILES string of the molecule is COc1c(Cl)cc(/C=N/NS(=O)(=O)c2cccs2)cc1Cl. The van der Waals surface area contributed by atoms with Crippen molar-refractivity contribution in [2.45, 2.75) is 4.21 Å². The summed E-state index contributed by atoms with van der Waals surface area (Å²) in [5, 5.41) is 5.99. The van der Waals surface area contributed by atoms with Crippen molar-refractivity contribution in [1.29, 1.82) is 0 Å². The molecule has 0 atom stereocenters. The summed E-state index contributed by atoms with van der Waals surface area (Å²) in [6.07, 6.45) is 1.31. The molecule has 0 saturated heterocycles. The Morgan fingerprint density at radius 1 is 1.33 bits per heavy atom. The molecule has 9 heteroatoms. The number of nitrogens with zero attached hydrogens (tertiary/aromatic N) is 1. The standard InChI is InChI=1S/C12H10Cl2N2O3S2/c1-19-12-9(13)5-8(6-10(12)14)7-15-16-21(17,18)11-3-2-4-20-11/h2-7,16H,1H3/b15-7+. The summed E-state index contributed by atoms with van der Waals surface area (Å²) in [7, 11) is -2.19. The van der Waals surface area contributed by atoms with Crippen molar-refractivity contribution in [3.8, 4) is 5.75 Å². The monoisotopic (exact) mass is 364 g/mol. The zero-order valence-electron chi connectivity index (χ0n) is 10.7. The zero-order valence-corrected chi connectivity index (χ0v) is 13.9. The molecule has 5 nitrogen and oxygen atoms in total. The van der Waals surface area contributed by atoms with E-state index < -0.39 is 10.0 Å². The zero-order chi connectivity index (χ0) is 15.5. The molecular formula is C12H10Cl2N2O3S2. The summed E-state index contributed by atoms with van der Waals surface area (Å²) in [5.74, 6) is 0.356. The molecule has 2 aromatic rings. The van der Waals surface area contributed by atoms with Gasteiger partial charge in [0.15, 0.2) is 5.75 Å². The lowest BCUT2D eigenvalue weighted by molar-refractivity contribution is 0.415. The third kappa shape index (κ3) is 3.88. The Kier molecular flexibility index (Phi) is 5.10. The molecule has 0 aliphatic heterocycles. The van der Waals surface area contributed by atoms with Crippen molar-refractivity contribution in [2.75, 3.05) is 7.11 Å². The number of rotatable bonds is 5. The molecule has 0 spiro atoms. The first-order valence-electron chi connectivity index (χ1n) is 5.55. The summed E-state index contributed by atoms with van der Waals surface area (Å²) >= 11 is 13.1. The Morgan fingerprint density at radius 2 is 2.00 bits per heavy atom. The van der Waals surface area contributed by atoms with Crippen LogP contribution in [-0.2, 0) is 10.0 Å². The van der Waals surface area contributed by atoms with Crippen LogP contribution in [0.3, 0.4) is 0 Å². The number of halogens is 2. The third-order valence-electron chi connectivity index (χ3n) is 2.37. The highest BCUT2D eigenvalue weighted by Gasteiger charge is 2.13. The summed E-state index contributed by atoms with van der Waals surface area (Å²) in [6, 6.07) is 6.26. The minimum atomic E-state index is -3.64. The topological polar surface area (TPSA) is 67.8 Å². The predicted molar refractivity (Wildman–Crippen MR) is 85.2 cm³/mol. The summed E-state index contributed by atoms with van der Waals surface area (Å²) in [4.78, 5) is 2.11. The van der Waals surface area contributed by atoms with E-state index in [1.807, 2.05) is 0 Å². The molecular weight excluding hydrogens is 355 g/mol. The second-order valence-electron chi connectivity index (χ2n) is 3.80. The van der Waals surface area contributed by atoms with Crippen LogP contribution in [0.1, 0.15) is 5.56 Å². The van der Waals surface area contributed by atoms with E-state index in [-0.39, 0.29) is 4.21 Å². The van der Waals surface area contributed by atoms with Gasteiger partial charge in [0.25, 0.3) is 10.0 Å². The number of methoxy groups -OCH3 is 1. The van der Waals surface area contributed by atoms with Gasteiger partial charge < -0.3 is 4.74 Å². The lowest BCUT2D eigenvalue weighted by atomic mass is 10.2. The van der Waals surface area contributed by atoms with Crippen LogP contribution in [0.15, 0.2) is 39.0 Å². The number of thiophene rings is 1. The minimum absolute atomic E-state index is 0.186. The predicted octanol–water partition coefficient (Wildman–Crippen LogP) is 3.38. The van der Waals surface area contributed by atoms with E-state index >= 15 is 0 Å². The van der Waals surface area contributed by atoms with Gasteiger partial charge in [-0.05, 0) is 29.1 Å². The van der Waals surface area contributed by atoms with E-state index in [0.29, 0.717) is 21.4 Å². The molecule has 0 unspecified atom stereocenters. The molecule has 0 aliphatic carbocycles. The highest BCUT2D eigenvalue weighted by Crippen LogP contribution is 2.33. The molecule has 0 aliphatic rings. The largest absolute Gasteiger partial charge is 0.494 e. The average molecular weight is 365 g/mol. The van der Waals surface area contributed by atoms with Crippen LogP contribution in [0, 0.1) is 0 Å². The molecule has 0 fully saturated rings. The van der Waals surface area contributed by atoms with Gasteiger partial charge in [-0.1, -0.05) is 29.3 Å². The number of sulfonamides is 1. The fourth-order valence-corrected chi connectivity index (χ4v) is 3.91. The molecule has 0 radical (unpaired) electrons. The molecule has 0 amide bonds. The highest BCUT2D eigenvalue weighted by molar-refractivity contribution is 7.91. The number of nitrogens with one attached hydrogen (secondary N) is 1. The highest BCUT2D eigenvalue weighted by atomic mass is 35.5. The van der Waals surface area contributed by atoms with Gasteiger partial charge in [0.05, 0.1) is 23.4 Å². The van der Waals surface area contributed by atoms with Gasteiger partial charge in [-0.3, -0.25) is 0 Å². The van der Waals surface area contributed by atoms with Crippen LogP contribution in [0.5, 0.6) is 5.75 Å². The van der Waals surface area contributed by atoms with Crippen LogP contribution < -0.4 is 9.57 Å². The number of hydrogen-bond donors (Lipinski definition) is 1. The van der Waals surface area contributed by atoms with E-state index in [9.17, 15) is 8.42 Å². The fourth-order valence-electron chi connectivity index (χ4n) is 1.48. The maximum Gasteiger partial charge on any atom is 0.286 e. The Bertz CT molecular complexity index is 736. The van der Waals surface area contributed by atoms with E-state index in [1.165, 1.54) is 19.4 Å². The summed E-state index contributed by atoms with van der Waals surface area (Å²) in [5.41, 5.74) is 0.541. The minimum Gasteiger partial charge on any atom is -0.494 e. The number of benzene rings is 1. The van der Waals surface area contributed by atoms with E-state index in [2.05, 4.69) is 9.93 Å². The molecule has 112 valence electrons. The van der Waals surface area contributed by atoms with Gasteiger partial charge in [0.2, 0.25) is 0 Å². The van der Waals surface area contributed by atoms with Gasteiger partial charge in [0, 0.05) is 0 Å². The number of ether oxygens (including phenoxy) is 1. The Morgan fingerprint density at radius 3 is 2.52 bits per heavy atom. The van der Waals surface area contributed by atoms with Gasteiger partial charge in [-0.2, -0.15) is 18.4 Å². The van der Waals surface area contributed by atoms with Crippen LogP contribution >= 0.6 is 34.5 Å². The Balaban J connectivity index is 2.16. The van der Waals surface area contributed by atoms with Crippen LogP contribution in [0.4, 0.5) is 0 Å². The van der Waals surface area contributed by atoms with Crippen molar-refractivity contribution < 1.29 is 13.2 Å². The van der Waals surface area contributed by atoms with Crippen LogP contribution in [0.2, 0.25) is 10.0 Å². The second-order valence-corrected chi connectivity index (χ2v) is 7.45. The molecule has 1 aromatic heterocycles. The van der Waals surface area contributed by atoms with Crippen LogP contribution in [0.25, 0.3) is 0 Å². The first-order chi connectivity index (χ1) is 9.94. The Labute approximate surface area is 136 Å².